The summed E-state index contributed by atoms with van der Waals surface area (Å²) in [7, 11) is 1.30. The SMILES string of the molecule is COC(=O)c1ccc(NC(=O)c2ccc3ccccc3c2)nc1. The van der Waals surface area contributed by atoms with Crippen LogP contribution in [-0.2, 0) is 4.74 Å². The second kappa shape index (κ2) is 6.27. The van der Waals surface area contributed by atoms with Crippen LogP contribution in [0.4, 0.5) is 5.82 Å². The molecule has 5 heteroatoms. The molecule has 3 rings (SSSR count). The van der Waals surface area contributed by atoms with E-state index in [2.05, 4.69) is 15.0 Å². The molecule has 0 saturated carbocycles. The number of fused-ring (bicyclic) bond motifs is 1. The highest BCUT2D eigenvalue weighted by Crippen LogP contribution is 2.16. The standard InChI is InChI=1S/C18H14N2O3/c1-23-18(22)15-8-9-16(19-11-15)20-17(21)14-7-6-12-4-2-3-5-13(12)10-14/h2-11H,1H3,(H,19,20,21). The lowest BCUT2D eigenvalue weighted by Crippen LogP contribution is -2.13. The Morgan fingerprint density at radius 3 is 2.39 bits per heavy atom. The Bertz CT molecular complexity index is 873. The normalized spacial score (nSPS) is 10.3. The van der Waals surface area contributed by atoms with Crippen LogP contribution in [0.1, 0.15) is 20.7 Å². The van der Waals surface area contributed by atoms with E-state index in [1.807, 2.05) is 36.4 Å². The highest BCUT2D eigenvalue weighted by Gasteiger charge is 2.09. The molecule has 0 radical (unpaired) electrons. The summed E-state index contributed by atoms with van der Waals surface area (Å²) in [6, 6.07) is 16.4. The van der Waals surface area contributed by atoms with Crippen molar-refractivity contribution in [3.8, 4) is 0 Å². The fourth-order valence-electron chi connectivity index (χ4n) is 2.23. The van der Waals surface area contributed by atoms with Gasteiger partial charge in [-0.05, 0) is 35.0 Å². The van der Waals surface area contributed by atoms with E-state index < -0.39 is 5.97 Å². The Kier molecular flexibility index (Phi) is 4.01. The van der Waals surface area contributed by atoms with Crippen LogP contribution in [0.2, 0.25) is 0 Å². The van der Waals surface area contributed by atoms with Gasteiger partial charge in [0.1, 0.15) is 5.82 Å². The molecular weight excluding hydrogens is 292 g/mol. The molecule has 1 heterocycles. The minimum absolute atomic E-state index is 0.255. The number of amides is 1. The van der Waals surface area contributed by atoms with Crippen molar-refractivity contribution < 1.29 is 14.3 Å². The predicted octanol–water partition coefficient (Wildman–Crippen LogP) is 3.27. The van der Waals surface area contributed by atoms with E-state index >= 15 is 0 Å². The maximum absolute atomic E-state index is 12.3. The molecule has 0 aliphatic heterocycles. The van der Waals surface area contributed by atoms with Crippen molar-refractivity contribution in [2.75, 3.05) is 12.4 Å². The number of carbonyl (C=O) groups excluding carboxylic acids is 2. The summed E-state index contributed by atoms with van der Waals surface area (Å²) in [4.78, 5) is 27.7. The van der Waals surface area contributed by atoms with Gasteiger partial charge in [0.2, 0.25) is 0 Å². The number of benzene rings is 2. The fourth-order valence-corrected chi connectivity index (χ4v) is 2.23. The summed E-state index contributed by atoms with van der Waals surface area (Å²) < 4.78 is 4.60. The number of carbonyl (C=O) groups is 2. The first-order valence-corrected chi connectivity index (χ1v) is 7.02. The Labute approximate surface area is 132 Å². The van der Waals surface area contributed by atoms with Crippen LogP contribution in [0.3, 0.4) is 0 Å². The van der Waals surface area contributed by atoms with Gasteiger partial charge in [0.05, 0.1) is 12.7 Å². The number of hydrogen-bond acceptors (Lipinski definition) is 4. The van der Waals surface area contributed by atoms with Crippen molar-refractivity contribution >= 4 is 28.5 Å². The number of esters is 1. The summed E-state index contributed by atoms with van der Waals surface area (Å²) in [5.41, 5.74) is 0.874. The molecule has 1 aromatic heterocycles. The van der Waals surface area contributed by atoms with Gasteiger partial charge < -0.3 is 10.1 Å². The molecule has 3 aromatic rings. The van der Waals surface area contributed by atoms with E-state index in [4.69, 9.17) is 0 Å². The highest BCUT2D eigenvalue weighted by atomic mass is 16.5. The van der Waals surface area contributed by atoms with E-state index in [0.29, 0.717) is 16.9 Å². The number of nitrogens with zero attached hydrogens (tertiary/aromatic N) is 1. The molecule has 0 bridgehead atoms. The van der Waals surface area contributed by atoms with Gasteiger partial charge in [-0.15, -0.1) is 0 Å². The lowest BCUT2D eigenvalue weighted by Gasteiger charge is -2.06. The summed E-state index contributed by atoms with van der Waals surface area (Å²) in [5, 5.41) is 4.77. The van der Waals surface area contributed by atoms with Gasteiger partial charge >= 0.3 is 5.97 Å². The zero-order chi connectivity index (χ0) is 16.2. The molecule has 1 amide bonds. The number of methoxy groups -OCH3 is 1. The largest absolute Gasteiger partial charge is 0.465 e. The van der Waals surface area contributed by atoms with Gasteiger partial charge in [-0.1, -0.05) is 30.3 Å². The van der Waals surface area contributed by atoms with Crippen LogP contribution in [0, 0.1) is 0 Å². The van der Waals surface area contributed by atoms with Crippen molar-refractivity contribution in [3.63, 3.8) is 0 Å². The van der Waals surface area contributed by atoms with Crippen LogP contribution in [0.5, 0.6) is 0 Å². The lowest BCUT2D eigenvalue weighted by molar-refractivity contribution is 0.0600. The first-order chi connectivity index (χ1) is 11.2. The molecule has 23 heavy (non-hydrogen) atoms. The number of aromatic nitrogens is 1. The second-order valence-corrected chi connectivity index (χ2v) is 4.94. The second-order valence-electron chi connectivity index (χ2n) is 4.94. The molecule has 5 nitrogen and oxygen atoms in total. The summed E-state index contributed by atoms with van der Waals surface area (Å²) >= 11 is 0. The Morgan fingerprint density at radius 1 is 0.957 bits per heavy atom. The first kappa shape index (κ1) is 14.7. The number of anilines is 1. The van der Waals surface area contributed by atoms with E-state index in [-0.39, 0.29) is 5.91 Å². The van der Waals surface area contributed by atoms with Crippen LogP contribution in [0.25, 0.3) is 10.8 Å². The zero-order valence-corrected chi connectivity index (χ0v) is 12.4. The van der Waals surface area contributed by atoms with E-state index in [1.165, 1.54) is 13.3 Å². The Balaban J connectivity index is 1.78. The number of ether oxygens (including phenoxy) is 1. The van der Waals surface area contributed by atoms with Gasteiger partial charge in [-0.25, -0.2) is 9.78 Å². The van der Waals surface area contributed by atoms with Crippen LogP contribution < -0.4 is 5.32 Å². The Hall–Kier alpha value is -3.21. The minimum Gasteiger partial charge on any atom is -0.465 e. The molecule has 114 valence electrons. The molecule has 2 aromatic carbocycles. The van der Waals surface area contributed by atoms with Crippen molar-refractivity contribution in [2.24, 2.45) is 0 Å². The molecule has 0 aliphatic rings. The number of rotatable bonds is 3. The average molecular weight is 306 g/mol. The fraction of sp³-hybridized carbons (Fsp3) is 0.0556. The van der Waals surface area contributed by atoms with Crippen molar-refractivity contribution in [2.45, 2.75) is 0 Å². The molecule has 0 atom stereocenters. The van der Waals surface area contributed by atoms with Crippen molar-refractivity contribution in [1.29, 1.82) is 0 Å². The molecule has 0 spiro atoms. The topological polar surface area (TPSA) is 68.3 Å². The smallest absolute Gasteiger partial charge is 0.339 e. The van der Waals surface area contributed by atoms with Gasteiger partial charge in [0.15, 0.2) is 0 Å². The van der Waals surface area contributed by atoms with Crippen molar-refractivity contribution in [3.05, 3.63) is 71.9 Å². The molecule has 0 aliphatic carbocycles. The number of nitrogens with one attached hydrogen (secondary N) is 1. The lowest BCUT2D eigenvalue weighted by atomic mass is 10.1. The van der Waals surface area contributed by atoms with E-state index in [0.717, 1.165) is 10.8 Å². The van der Waals surface area contributed by atoms with Gasteiger partial charge in [0, 0.05) is 11.8 Å². The van der Waals surface area contributed by atoms with Crippen LogP contribution in [0.15, 0.2) is 60.8 Å². The third kappa shape index (κ3) is 3.18. The summed E-state index contributed by atoms with van der Waals surface area (Å²) in [6.07, 6.45) is 1.36. The first-order valence-electron chi connectivity index (χ1n) is 7.02. The monoisotopic (exact) mass is 306 g/mol. The van der Waals surface area contributed by atoms with Gasteiger partial charge in [-0.2, -0.15) is 0 Å². The third-order valence-electron chi connectivity index (χ3n) is 3.44. The molecule has 1 N–H and O–H groups in total. The average Bonchev–Trinajstić information content (AvgIpc) is 2.61. The number of hydrogen-bond donors (Lipinski definition) is 1. The van der Waals surface area contributed by atoms with E-state index in [1.54, 1.807) is 18.2 Å². The number of pyridine rings is 1. The summed E-state index contributed by atoms with van der Waals surface area (Å²) in [5.74, 6) is -0.352. The minimum atomic E-state index is -0.468. The van der Waals surface area contributed by atoms with Gasteiger partial charge in [0.25, 0.3) is 5.91 Å². The zero-order valence-electron chi connectivity index (χ0n) is 12.4. The van der Waals surface area contributed by atoms with E-state index in [9.17, 15) is 9.59 Å². The summed E-state index contributed by atoms with van der Waals surface area (Å²) in [6.45, 7) is 0. The molecule has 0 saturated heterocycles. The maximum atomic E-state index is 12.3. The van der Waals surface area contributed by atoms with Crippen LogP contribution in [-0.4, -0.2) is 24.0 Å². The maximum Gasteiger partial charge on any atom is 0.339 e. The van der Waals surface area contributed by atoms with Gasteiger partial charge in [-0.3, -0.25) is 4.79 Å². The highest BCUT2D eigenvalue weighted by molar-refractivity contribution is 6.06. The third-order valence-corrected chi connectivity index (χ3v) is 3.44. The quantitative estimate of drug-likeness (QED) is 0.754. The van der Waals surface area contributed by atoms with Crippen LogP contribution >= 0.6 is 0 Å². The Morgan fingerprint density at radius 2 is 1.70 bits per heavy atom. The van der Waals surface area contributed by atoms with Crippen molar-refractivity contribution in [1.82, 2.24) is 4.98 Å². The predicted molar refractivity (Wildman–Crippen MR) is 87.5 cm³/mol. The molecular formula is C18H14N2O3. The molecule has 0 fully saturated rings. The molecule has 0 unspecified atom stereocenters.